The molecule has 1 atom stereocenters. The molecule has 0 spiro atoms. The van der Waals surface area contributed by atoms with Gasteiger partial charge in [-0.05, 0) is 36.1 Å². The fourth-order valence-corrected chi connectivity index (χ4v) is 1.78. The van der Waals surface area contributed by atoms with Gasteiger partial charge in [-0.1, -0.05) is 13.0 Å². The van der Waals surface area contributed by atoms with Crippen LogP contribution in [0.15, 0.2) is 12.1 Å². The lowest BCUT2D eigenvalue weighted by Gasteiger charge is -2.15. The monoisotopic (exact) mass is 223 g/mol. The minimum absolute atomic E-state index is 0.0596. The van der Waals surface area contributed by atoms with E-state index in [-0.39, 0.29) is 12.3 Å². The third-order valence-corrected chi connectivity index (χ3v) is 2.76. The Bertz CT molecular complexity index is 401. The maximum absolute atomic E-state index is 11.0. The van der Waals surface area contributed by atoms with Crippen LogP contribution in [-0.4, -0.2) is 22.7 Å². The van der Waals surface area contributed by atoms with Crippen LogP contribution < -0.4 is 5.73 Å². The summed E-state index contributed by atoms with van der Waals surface area (Å²) in [5, 5.41) is 18.7. The summed E-state index contributed by atoms with van der Waals surface area (Å²) >= 11 is 0. The summed E-state index contributed by atoms with van der Waals surface area (Å²) in [7, 11) is 0. The number of carboxylic acids is 1. The summed E-state index contributed by atoms with van der Waals surface area (Å²) < 4.78 is 0. The highest BCUT2D eigenvalue weighted by molar-refractivity contribution is 5.77. The van der Waals surface area contributed by atoms with Crippen molar-refractivity contribution in [2.45, 2.75) is 26.2 Å². The van der Waals surface area contributed by atoms with E-state index in [0.29, 0.717) is 12.0 Å². The largest absolute Gasteiger partial charge is 0.508 e. The van der Waals surface area contributed by atoms with E-state index in [4.69, 9.17) is 10.8 Å². The second-order valence-corrected chi connectivity index (χ2v) is 3.82. The van der Waals surface area contributed by atoms with E-state index < -0.39 is 11.9 Å². The molecule has 0 aliphatic carbocycles. The number of phenolic OH excluding ortho intramolecular Hbond substituents is 1. The fraction of sp³-hybridized carbons (Fsp3) is 0.417. The Morgan fingerprint density at radius 1 is 1.50 bits per heavy atom. The molecule has 0 aliphatic rings. The van der Waals surface area contributed by atoms with Crippen LogP contribution in [0.4, 0.5) is 0 Å². The summed E-state index contributed by atoms with van der Waals surface area (Å²) in [4.78, 5) is 11.0. The van der Waals surface area contributed by atoms with Gasteiger partial charge in [0.1, 0.15) is 5.75 Å². The molecule has 0 fully saturated rings. The van der Waals surface area contributed by atoms with Gasteiger partial charge in [0.15, 0.2) is 0 Å². The standard InChI is InChI=1S/C12H17NO3/c1-3-8-5-9(7(2)4-11(8)14)10(6-13)12(15)16/h4-5,10,14H,3,6,13H2,1-2H3,(H,15,16). The molecule has 0 bridgehead atoms. The van der Waals surface area contributed by atoms with Crippen molar-refractivity contribution in [3.05, 3.63) is 28.8 Å². The molecule has 1 rings (SSSR count). The molecule has 1 aromatic carbocycles. The van der Waals surface area contributed by atoms with E-state index in [1.807, 2.05) is 6.92 Å². The molecule has 0 saturated heterocycles. The predicted molar refractivity (Wildman–Crippen MR) is 61.7 cm³/mol. The molecule has 0 aliphatic heterocycles. The number of nitrogens with two attached hydrogens (primary N) is 1. The van der Waals surface area contributed by atoms with Crippen LogP contribution in [0.5, 0.6) is 5.75 Å². The van der Waals surface area contributed by atoms with Gasteiger partial charge in [0, 0.05) is 6.54 Å². The highest BCUT2D eigenvalue weighted by Crippen LogP contribution is 2.27. The first-order valence-electron chi connectivity index (χ1n) is 5.26. The molecule has 0 heterocycles. The van der Waals surface area contributed by atoms with Crippen LogP contribution in [0, 0.1) is 6.92 Å². The van der Waals surface area contributed by atoms with Crippen LogP contribution >= 0.6 is 0 Å². The zero-order valence-electron chi connectivity index (χ0n) is 9.53. The first-order chi connectivity index (χ1) is 7.51. The van der Waals surface area contributed by atoms with Crippen molar-refractivity contribution in [3.63, 3.8) is 0 Å². The fourth-order valence-electron chi connectivity index (χ4n) is 1.78. The summed E-state index contributed by atoms with van der Waals surface area (Å²) in [6, 6.07) is 3.33. The number of aromatic hydroxyl groups is 1. The van der Waals surface area contributed by atoms with Crippen molar-refractivity contribution in [1.29, 1.82) is 0 Å². The predicted octanol–water partition coefficient (Wildman–Crippen LogP) is 1.39. The number of benzene rings is 1. The zero-order valence-corrected chi connectivity index (χ0v) is 9.53. The van der Waals surface area contributed by atoms with Crippen LogP contribution in [0.2, 0.25) is 0 Å². The minimum atomic E-state index is -0.932. The van der Waals surface area contributed by atoms with Gasteiger partial charge in [-0.2, -0.15) is 0 Å². The average molecular weight is 223 g/mol. The van der Waals surface area contributed by atoms with Crippen molar-refractivity contribution >= 4 is 5.97 Å². The highest BCUT2D eigenvalue weighted by atomic mass is 16.4. The number of aliphatic carboxylic acids is 1. The van der Waals surface area contributed by atoms with E-state index in [2.05, 4.69) is 0 Å². The molecule has 1 unspecified atom stereocenters. The highest BCUT2D eigenvalue weighted by Gasteiger charge is 2.21. The number of hydrogen-bond acceptors (Lipinski definition) is 3. The van der Waals surface area contributed by atoms with Crippen molar-refractivity contribution in [3.8, 4) is 5.75 Å². The molecule has 88 valence electrons. The van der Waals surface area contributed by atoms with Gasteiger partial charge in [-0.15, -0.1) is 0 Å². The number of rotatable bonds is 4. The molecular weight excluding hydrogens is 206 g/mol. The number of aryl methyl sites for hydroxylation is 2. The van der Waals surface area contributed by atoms with Gasteiger partial charge >= 0.3 is 5.97 Å². The van der Waals surface area contributed by atoms with E-state index in [0.717, 1.165) is 11.1 Å². The minimum Gasteiger partial charge on any atom is -0.508 e. The molecule has 16 heavy (non-hydrogen) atoms. The molecule has 0 radical (unpaired) electrons. The molecule has 4 heteroatoms. The first kappa shape index (κ1) is 12.5. The number of hydrogen-bond donors (Lipinski definition) is 3. The lowest BCUT2D eigenvalue weighted by molar-refractivity contribution is -0.138. The Balaban J connectivity index is 3.26. The van der Waals surface area contributed by atoms with Gasteiger partial charge in [0.2, 0.25) is 0 Å². The second-order valence-electron chi connectivity index (χ2n) is 3.82. The van der Waals surface area contributed by atoms with E-state index in [9.17, 15) is 9.90 Å². The molecular formula is C12H17NO3. The molecule has 0 saturated carbocycles. The van der Waals surface area contributed by atoms with Crippen LogP contribution in [-0.2, 0) is 11.2 Å². The Kier molecular flexibility index (Phi) is 3.90. The van der Waals surface area contributed by atoms with E-state index in [1.165, 1.54) is 0 Å². The summed E-state index contributed by atoms with van der Waals surface area (Å²) in [5.74, 6) is -1.42. The molecule has 0 aromatic heterocycles. The van der Waals surface area contributed by atoms with Crippen molar-refractivity contribution in [2.75, 3.05) is 6.54 Å². The molecule has 4 N–H and O–H groups in total. The quantitative estimate of drug-likeness (QED) is 0.720. The SMILES string of the molecule is CCc1cc(C(CN)C(=O)O)c(C)cc1O. The maximum atomic E-state index is 11.0. The second kappa shape index (κ2) is 4.99. The van der Waals surface area contributed by atoms with Crippen molar-refractivity contribution in [1.82, 2.24) is 0 Å². The number of phenols is 1. The summed E-state index contributed by atoms with van der Waals surface area (Å²) in [6.07, 6.45) is 0.663. The van der Waals surface area contributed by atoms with Gasteiger partial charge in [0.05, 0.1) is 5.92 Å². The Morgan fingerprint density at radius 2 is 2.12 bits per heavy atom. The Morgan fingerprint density at radius 3 is 2.56 bits per heavy atom. The third kappa shape index (κ3) is 2.33. The molecule has 0 amide bonds. The van der Waals surface area contributed by atoms with E-state index in [1.54, 1.807) is 19.1 Å². The van der Waals surface area contributed by atoms with Crippen molar-refractivity contribution in [2.24, 2.45) is 5.73 Å². The van der Waals surface area contributed by atoms with Crippen LogP contribution in [0.25, 0.3) is 0 Å². The smallest absolute Gasteiger partial charge is 0.312 e. The zero-order chi connectivity index (χ0) is 12.3. The van der Waals surface area contributed by atoms with Crippen LogP contribution in [0.3, 0.4) is 0 Å². The Labute approximate surface area is 94.7 Å². The van der Waals surface area contributed by atoms with Gasteiger partial charge in [-0.3, -0.25) is 4.79 Å². The lowest BCUT2D eigenvalue weighted by atomic mass is 9.92. The topological polar surface area (TPSA) is 83.6 Å². The van der Waals surface area contributed by atoms with Gasteiger partial charge in [-0.25, -0.2) is 0 Å². The molecule has 1 aromatic rings. The first-order valence-corrected chi connectivity index (χ1v) is 5.26. The molecule has 4 nitrogen and oxygen atoms in total. The van der Waals surface area contributed by atoms with Gasteiger partial charge in [0.25, 0.3) is 0 Å². The average Bonchev–Trinajstić information content (AvgIpc) is 2.21. The number of carboxylic acid groups (broad SMARTS) is 1. The number of carbonyl (C=O) groups is 1. The summed E-state index contributed by atoms with van der Waals surface area (Å²) in [5.41, 5.74) is 7.65. The van der Waals surface area contributed by atoms with Crippen molar-refractivity contribution < 1.29 is 15.0 Å². The Hall–Kier alpha value is -1.55. The van der Waals surface area contributed by atoms with Crippen LogP contribution in [0.1, 0.15) is 29.5 Å². The lowest BCUT2D eigenvalue weighted by Crippen LogP contribution is -2.22. The van der Waals surface area contributed by atoms with Gasteiger partial charge < -0.3 is 15.9 Å². The van der Waals surface area contributed by atoms with E-state index >= 15 is 0 Å². The summed E-state index contributed by atoms with van der Waals surface area (Å²) in [6.45, 7) is 3.75. The normalized spacial score (nSPS) is 12.4. The maximum Gasteiger partial charge on any atom is 0.312 e. The third-order valence-electron chi connectivity index (χ3n) is 2.76.